The minimum absolute atomic E-state index is 0. The first-order valence-electron chi connectivity index (χ1n) is 8.36. The maximum Gasteiger partial charge on any atom is 0.246 e. The van der Waals surface area contributed by atoms with Gasteiger partial charge in [-0.15, -0.1) is 24.0 Å². The van der Waals surface area contributed by atoms with E-state index in [9.17, 15) is 0 Å². The van der Waals surface area contributed by atoms with Crippen LogP contribution in [0.5, 0.6) is 0 Å². The Hall–Kier alpha value is -1.84. The Morgan fingerprint density at radius 3 is 2.29 bits per heavy atom. The Kier molecular flexibility index (Phi) is 8.53. The summed E-state index contributed by atoms with van der Waals surface area (Å²) in [5.41, 5.74) is 1.94. The highest BCUT2D eigenvalue weighted by Gasteiger charge is 2.11. The van der Waals surface area contributed by atoms with Crippen molar-refractivity contribution in [2.24, 2.45) is 4.99 Å². The highest BCUT2D eigenvalue weighted by molar-refractivity contribution is 14.0. The quantitative estimate of drug-likeness (QED) is 0.272. The highest BCUT2D eigenvalue weighted by atomic mass is 127. The monoisotopic (exact) mass is 531 g/mol. The van der Waals surface area contributed by atoms with Gasteiger partial charge in [0.05, 0.1) is 12.6 Å². The fourth-order valence-corrected chi connectivity index (χ4v) is 2.69. The molecule has 0 saturated carbocycles. The van der Waals surface area contributed by atoms with Crippen molar-refractivity contribution in [2.75, 3.05) is 7.05 Å². The second kappa shape index (κ2) is 10.6. The van der Waals surface area contributed by atoms with Crippen LogP contribution in [0.15, 0.2) is 58.0 Å². The van der Waals surface area contributed by atoms with Crippen molar-refractivity contribution >= 4 is 53.1 Å². The largest absolute Gasteiger partial charge is 0.350 e. The number of hydrogen-bond donors (Lipinski definition) is 2. The molecule has 6 nitrogen and oxygen atoms in total. The Labute approximate surface area is 190 Å². The lowest BCUT2D eigenvalue weighted by Gasteiger charge is -2.17. The summed E-state index contributed by atoms with van der Waals surface area (Å²) < 4.78 is 5.29. The molecule has 0 aliphatic rings. The zero-order valence-corrected chi connectivity index (χ0v) is 19.2. The lowest BCUT2D eigenvalue weighted by Crippen LogP contribution is -2.38. The van der Waals surface area contributed by atoms with E-state index >= 15 is 0 Å². The van der Waals surface area contributed by atoms with Crippen LogP contribution in [0.25, 0.3) is 11.4 Å². The van der Waals surface area contributed by atoms with Crippen molar-refractivity contribution in [1.82, 2.24) is 20.8 Å². The third-order valence-electron chi connectivity index (χ3n) is 3.92. The van der Waals surface area contributed by atoms with Gasteiger partial charge in [-0.3, -0.25) is 4.99 Å². The first-order valence-corrected chi connectivity index (χ1v) is 9.12. The summed E-state index contributed by atoms with van der Waals surface area (Å²) in [5, 5.41) is 11.8. The lowest BCUT2D eigenvalue weighted by atomic mass is 10.1. The number of aromatic nitrogens is 2. The zero-order valence-electron chi connectivity index (χ0n) is 15.3. The minimum atomic E-state index is 0. The Balaban J connectivity index is 0.00000280. The number of nitrogens with one attached hydrogen (secondary N) is 2. The molecule has 28 heavy (non-hydrogen) atoms. The van der Waals surface area contributed by atoms with Gasteiger partial charge in [-0.2, -0.15) is 4.98 Å². The van der Waals surface area contributed by atoms with Gasteiger partial charge in [0, 0.05) is 22.7 Å². The van der Waals surface area contributed by atoms with E-state index in [0.717, 1.165) is 11.1 Å². The molecule has 2 aromatic carbocycles. The molecule has 2 N–H and O–H groups in total. The lowest BCUT2D eigenvalue weighted by molar-refractivity contribution is 0.375. The van der Waals surface area contributed by atoms with Crippen LogP contribution in [0.4, 0.5) is 0 Å². The Morgan fingerprint density at radius 1 is 1.07 bits per heavy atom. The number of benzene rings is 2. The molecule has 1 heterocycles. The molecule has 0 amide bonds. The van der Waals surface area contributed by atoms with Crippen molar-refractivity contribution in [1.29, 1.82) is 0 Å². The van der Waals surface area contributed by atoms with Gasteiger partial charge in [-0.05, 0) is 48.9 Å². The van der Waals surface area contributed by atoms with Crippen molar-refractivity contribution in [3.8, 4) is 11.4 Å². The third kappa shape index (κ3) is 6.08. The second-order valence-electron chi connectivity index (χ2n) is 5.86. The number of nitrogens with zero attached hydrogens (tertiary/aromatic N) is 3. The van der Waals surface area contributed by atoms with Crippen molar-refractivity contribution in [2.45, 2.75) is 19.5 Å². The number of aliphatic imine (C=N–C) groups is 1. The molecule has 148 valence electrons. The molecule has 0 saturated heterocycles. The van der Waals surface area contributed by atoms with E-state index < -0.39 is 0 Å². The van der Waals surface area contributed by atoms with Gasteiger partial charge < -0.3 is 15.2 Å². The molecule has 0 spiro atoms. The molecule has 0 bridgehead atoms. The van der Waals surface area contributed by atoms with Crippen molar-refractivity contribution in [3.05, 3.63) is 70.0 Å². The van der Waals surface area contributed by atoms with Crippen LogP contribution in [0.1, 0.15) is 24.4 Å². The molecule has 0 fully saturated rings. The fraction of sp³-hybridized carbons (Fsp3) is 0.211. The van der Waals surface area contributed by atoms with E-state index in [1.807, 2.05) is 43.3 Å². The van der Waals surface area contributed by atoms with Crippen LogP contribution in [0.2, 0.25) is 10.0 Å². The van der Waals surface area contributed by atoms with Gasteiger partial charge in [0.25, 0.3) is 0 Å². The molecule has 3 rings (SSSR count). The number of rotatable bonds is 5. The summed E-state index contributed by atoms with van der Waals surface area (Å²) in [6, 6.07) is 15.0. The summed E-state index contributed by atoms with van der Waals surface area (Å²) in [4.78, 5) is 8.61. The molecule has 0 aliphatic heterocycles. The molecule has 1 aromatic heterocycles. The van der Waals surface area contributed by atoms with E-state index in [-0.39, 0.29) is 30.0 Å². The summed E-state index contributed by atoms with van der Waals surface area (Å²) in [6.45, 7) is 2.40. The SMILES string of the molecule is CN=C(NCc1nc(-c2ccc(Cl)cc2)no1)NC(C)c1ccc(Cl)cc1.I. The van der Waals surface area contributed by atoms with Gasteiger partial charge in [0.15, 0.2) is 5.96 Å². The van der Waals surface area contributed by atoms with Crippen molar-refractivity contribution in [3.63, 3.8) is 0 Å². The van der Waals surface area contributed by atoms with Gasteiger partial charge in [0.1, 0.15) is 0 Å². The van der Waals surface area contributed by atoms with E-state index in [4.69, 9.17) is 27.7 Å². The standard InChI is InChI=1S/C19H19Cl2N5O.HI/c1-12(13-3-7-15(20)8-4-13)24-19(22-2)23-11-17-25-18(26-27-17)14-5-9-16(21)10-6-14;/h3-10,12H,11H2,1-2H3,(H2,22,23,24);1H. The predicted octanol–water partition coefficient (Wildman–Crippen LogP) is 5.09. The van der Waals surface area contributed by atoms with Gasteiger partial charge in [-0.25, -0.2) is 0 Å². The van der Waals surface area contributed by atoms with Crippen LogP contribution >= 0.6 is 47.2 Å². The smallest absolute Gasteiger partial charge is 0.246 e. The molecular weight excluding hydrogens is 512 g/mol. The summed E-state index contributed by atoms with van der Waals surface area (Å²) in [5.74, 6) is 1.60. The number of guanidine groups is 1. The fourth-order valence-electron chi connectivity index (χ4n) is 2.44. The van der Waals surface area contributed by atoms with E-state index in [1.54, 1.807) is 19.2 Å². The van der Waals surface area contributed by atoms with Crippen molar-refractivity contribution < 1.29 is 4.52 Å². The molecular formula is C19H20Cl2IN5O. The number of hydrogen-bond acceptors (Lipinski definition) is 4. The minimum Gasteiger partial charge on any atom is -0.350 e. The summed E-state index contributed by atoms with van der Waals surface area (Å²) in [7, 11) is 1.71. The van der Waals surface area contributed by atoms with Crippen LogP contribution in [-0.4, -0.2) is 23.1 Å². The van der Waals surface area contributed by atoms with Crippen LogP contribution in [0, 0.1) is 0 Å². The van der Waals surface area contributed by atoms with E-state index in [0.29, 0.717) is 34.3 Å². The molecule has 0 radical (unpaired) electrons. The Morgan fingerprint density at radius 2 is 1.68 bits per heavy atom. The summed E-state index contributed by atoms with van der Waals surface area (Å²) >= 11 is 11.8. The maximum absolute atomic E-state index is 5.93. The second-order valence-corrected chi connectivity index (χ2v) is 6.73. The van der Waals surface area contributed by atoms with Crippen LogP contribution in [0.3, 0.4) is 0 Å². The average molecular weight is 532 g/mol. The van der Waals surface area contributed by atoms with E-state index in [1.165, 1.54) is 0 Å². The van der Waals surface area contributed by atoms with Gasteiger partial charge in [0.2, 0.25) is 11.7 Å². The van der Waals surface area contributed by atoms with Gasteiger partial charge in [-0.1, -0.05) is 40.5 Å². The van der Waals surface area contributed by atoms with Gasteiger partial charge >= 0.3 is 0 Å². The normalized spacial score (nSPS) is 12.2. The van der Waals surface area contributed by atoms with Crippen LogP contribution < -0.4 is 10.6 Å². The average Bonchev–Trinajstić information content (AvgIpc) is 3.15. The first kappa shape index (κ1) is 22.4. The molecule has 3 aromatic rings. The predicted molar refractivity (Wildman–Crippen MR) is 123 cm³/mol. The van der Waals surface area contributed by atoms with Crippen LogP contribution in [-0.2, 0) is 6.54 Å². The first-order chi connectivity index (χ1) is 13.0. The Bertz CT molecular complexity index is 913. The highest BCUT2D eigenvalue weighted by Crippen LogP contribution is 2.19. The number of halogens is 3. The molecule has 1 unspecified atom stereocenters. The zero-order chi connectivity index (χ0) is 19.2. The molecule has 0 aliphatic carbocycles. The maximum atomic E-state index is 5.93. The van der Waals surface area contributed by atoms with E-state index in [2.05, 4.69) is 25.8 Å². The topological polar surface area (TPSA) is 75.3 Å². The molecule has 9 heteroatoms. The third-order valence-corrected chi connectivity index (χ3v) is 4.43. The summed E-state index contributed by atoms with van der Waals surface area (Å²) in [6.07, 6.45) is 0. The molecule has 1 atom stereocenters.